The molecule has 5 nitrogen and oxygen atoms in total. The summed E-state index contributed by atoms with van der Waals surface area (Å²) in [5, 5.41) is 4.49. The highest BCUT2D eigenvalue weighted by atomic mass is 16.5. The molecule has 5 heteroatoms. The Morgan fingerprint density at radius 3 is 2.68 bits per heavy atom. The number of ether oxygens (including phenoxy) is 1. The Balaban J connectivity index is 1.65. The van der Waals surface area contributed by atoms with E-state index in [0.717, 1.165) is 48.4 Å². The molecule has 134 valence electrons. The molecule has 1 aliphatic heterocycles. The molecule has 0 saturated carbocycles. The maximum Gasteiger partial charge on any atom is 0.253 e. The van der Waals surface area contributed by atoms with Crippen molar-refractivity contribution in [2.24, 2.45) is 0 Å². The molecule has 1 fully saturated rings. The Hall–Kier alpha value is -2.14. The van der Waals surface area contributed by atoms with Gasteiger partial charge in [-0.05, 0) is 57.4 Å². The quantitative estimate of drug-likeness (QED) is 0.839. The lowest BCUT2D eigenvalue weighted by atomic mass is 10.1. The molecule has 0 N–H and O–H groups in total. The highest BCUT2D eigenvalue weighted by molar-refractivity contribution is 5.94. The number of piperidine rings is 1. The molecular weight excluding hydrogens is 314 g/mol. The van der Waals surface area contributed by atoms with Crippen molar-refractivity contribution in [3.63, 3.8) is 0 Å². The maximum atomic E-state index is 12.7. The molecule has 1 aliphatic rings. The van der Waals surface area contributed by atoms with Crippen LogP contribution in [-0.2, 0) is 11.3 Å². The number of hydrogen-bond acceptors (Lipinski definition) is 3. The fourth-order valence-electron chi connectivity index (χ4n) is 3.44. The van der Waals surface area contributed by atoms with E-state index < -0.39 is 0 Å². The minimum Gasteiger partial charge on any atom is -0.377 e. The minimum absolute atomic E-state index is 0.0991. The van der Waals surface area contributed by atoms with Crippen LogP contribution in [-0.4, -0.2) is 46.4 Å². The molecule has 1 aromatic carbocycles. The van der Waals surface area contributed by atoms with Crippen molar-refractivity contribution in [1.82, 2.24) is 14.7 Å². The number of amides is 1. The Morgan fingerprint density at radius 2 is 2.04 bits per heavy atom. The third kappa shape index (κ3) is 4.28. The van der Waals surface area contributed by atoms with Crippen molar-refractivity contribution in [2.75, 3.05) is 19.7 Å². The highest BCUT2D eigenvalue weighted by Gasteiger charge is 2.24. The molecule has 0 spiro atoms. The Labute approximate surface area is 149 Å². The number of nitrogens with zero attached hydrogens (tertiary/aromatic N) is 3. The lowest BCUT2D eigenvalue weighted by Gasteiger charge is -2.32. The van der Waals surface area contributed by atoms with Gasteiger partial charge in [0.15, 0.2) is 0 Å². The standard InChI is InChI=1S/C20H27N3O2/c1-4-25-19-6-5-11-22(14-19)20(24)18-9-7-17(8-10-18)13-23-16(3)12-15(2)21-23/h7-10,12,19H,4-6,11,13-14H2,1-3H3. The summed E-state index contributed by atoms with van der Waals surface area (Å²) in [6.45, 7) is 9.00. The second kappa shape index (κ2) is 7.83. The van der Waals surface area contributed by atoms with Gasteiger partial charge < -0.3 is 9.64 Å². The fraction of sp³-hybridized carbons (Fsp3) is 0.500. The smallest absolute Gasteiger partial charge is 0.253 e. The van der Waals surface area contributed by atoms with Crippen LogP contribution in [0.25, 0.3) is 0 Å². The first-order valence-electron chi connectivity index (χ1n) is 9.07. The van der Waals surface area contributed by atoms with Gasteiger partial charge in [0.2, 0.25) is 0 Å². The van der Waals surface area contributed by atoms with Crippen molar-refractivity contribution in [3.8, 4) is 0 Å². The number of carbonyl (C=O) groups excluding carboxylic acids is 1. The predicted octanol–water partition coefficient (Wildman–Crippen LogP) is 3.19. The largest absolute Gasteiger partial charge is 0.377 e. The predicted molar refractivity (Wildman–Crippen MR) is 97.8 cm³/mol. The summed E-state index contributed by atoms with van der Waals surface area (Å²) >= 11 is 0. The van der Waals surface area contributed by atoms with Gasteiger partial charge in [-0.15, -0.1) is 0 Å². The molecule has 0 bridgehead atoms. The molecule has 25 heavy (non-hydrogen) atoms. The third-order valence-corrected chi connectivity index (χ3v) is 4.70. The molecule has 1 aromatic heterocycles. The molecule has 2 heterocycles. The van der Waals surface area contributed by atoms with Crippen LogP contribution in [0.15, 0.2) is 30.3 Å². The van der Waals surface area contributed by atoms with Crippen molar-refractivity contribution >= 4 is 5.91 Å². The van der Waals surface area contributed by atoms with Gasteiger partial charge >= 0.3 is 0 Å². The fourth-order valence-corrected chi connectivity index (χ4v) is 3.44. The normalized spacial score (nSPS) is 17.7. The lowest BCUT2D eigenvalue weighted by Crippen LogP contribution is -2.43. The SMILES string of the molecule is CCOC1CCCN(C(=O)c2ccc(Cn3nc(C)cc3C)cc2)C1. The van der Waals surface area contributed by atoms with Crippen LogP contribution in [0.4, 0.5) is 0 Å². The van der Waals surface area contributed by atoms with E-state index in [-0.39, 0.29) is 12.0 Å². The number of likely N-dealkylation sites (tertiary alicyclic amines) is 1. The zero-order chi connectivity index (χ0) is 17.8. The van der Waals surface area contributed by atoms with Crippen LogP contribution in [0.1, 0.15) is 47.1 Å². The van der Waals surface area contributed by atoms with E-state index in [1.807, 2.05) is 47.7 Å². The summed E-state index contributed by atoms with van der Waals surface area (Å²) in [6, 6.07) is 9.96. The van der Waals surface area contributed by atoms with Gasteiger partial charge in [0.25, 0.3) is 5.91 Å². The van der Waals surface area contributed by atoms with Gasteiger partial charge in [0, 0.05) is 31.0 Å². The number of rotatable bonds is 5. The van der Waals surface area contributed by atoms with Gasteiger partial charge in [-0.25, -0.2) is 0 Å². The summed E-state index contributed by atoms with van der Waals surface area (Å²) in [7, 11) is 0. The number of hydrogen-bond donors (Lipinski definition) is 0. The number of carbonyl (C=O) groups is 1. The van der Waals surface area contributed by atoms with Crippen molar-refractivity contribution in [3.05, 3.63) is 52.8 Å². The second-order valence-electron chi connectivity index (χ2n) is 6.75. The van der Waals surface area contributed by atoms with Crippen LogP contribution >= 0.6 is 0 Å². The highest BCUT2D eigenvalue weighted by Crippen LogP contribution is 2.17. The van der Waals surface area contributed by atoms with E-state index in [0.29, 0.717) is 13.2 Å². The first-order valence-corrected chi connectivity index (χ1v) is 9.07. The Bertz CT molecular complexity index is 719. The van der Waals surface area contributed by atoms with Gasteiger partial charge in [-0.3, -0.25) is 9.48 Å². The van der Waals surface area contributed by atoms with Crippen LogP contribution < -0.4 is 0 Å². The zero-order valence-electron chi connectivity index (χ0n) is 15.4. The van der Waals surface area contributed by atoms with Crippen LogP contribution in [0.2, 0.25) is 0 Å². The Kier molecular flexibility index (Phi) is 5.53. The first-order chi connectivity index (χ1) is 12.1. The van der Waals surface area contributed by atoms with E-state index >= 15 is 0 Å². The summed E-state index contributed by atoms with van der Waals surface area (Å²) in [5.74, 6) is 0.0991. The minimum atomic E-state index is 0.0991. The number of aromatic nitrogens is 2. The van der Waals surface area contributed by atoms with E-state index in [2.05, 4.69) is 18.1 Å². The molecule has 1 saturated heterocycles. The zero-order valence-corrected chi connectivity index (χ0v) is 15.4. The average Bonchev–Trinajstić information content (AvgIpc) is 2.93. The van der Waals surface area contributed by atoms with Crippen molar-refractivity contribution < 1.29 is 9.53 Å². The van der Waals surface area contributed by atoms with E-state index in [1.165, 1.54) is 0 Å². The van der Waals surface area contributed by atoms with Crippen LogP contribution in [0.3, 0.4) is 0 Å². The number of aryl methyl sites for hydroxylation is 2. The summed E-state index contributed by atoms with van der Waals surface area (Å²) in [6.07, 6.45) is 2.22. The third-order valence-electron chi connectivity index (χ3n) is 4.70. The van der Waals surface area contributed by atoms with Gasteiger partial charge in [0.05, 0.1) is 18.3 Å². The van der Waals surface area contributed by atoms with Gasteiger partial charge in [0.1, 0.15) is 0 Å². The van der Waals surface area contributed by atoms with Crippen molar-refractivity contribution in [1.29, 1.82) is 0 Å². The van der Waals surface area contributed by atoms with Gasteiger partial charge in [-0.1, -0.05) is 12.1 Å². The molecule has 3 rings (SSSR count). The molecule has 1 amide bonds. The molecule has 1 unspecified atom stereocenters. The summed E-state index contributed by atoms with van der Waals surface area (Å²) in [5.41, 5.74) is 4.06. The number of benzene rings is 1. The van der Waals surface area contributed by atoms with E-state index in [9.17, 15) is 4.79 Å². The second-order valence-corrected chi connectivity index (χ2v) is 6.75. The van der Waals surface area contributed by atoms with E-state index in [4.69, 9.17) is 4.74 Å². The topological polar surface area (TPSA) is 47.4 Å². The molecule has 0 aliphatic carbocycles. The molecule has 1 atom stereocenters. The molecular formula is C20H27N3O2. The van der Waals surface area contributed by atoms with E-state index in [1.54, 1.807) is 0 Å². The average molecular weight is 341 g/mol. The van der Waals surface area contributed by atoms with Gasteiger partial charge in [-0.2, -0.15) is 5.10 Å². The maximum absolute atomic E-state index is 12.7. The Morgan fingerprint density at radius 1 is 1.28 bits per heavy atom. The molecule has 2 aromatic rings. The summed E-state index contributed by atoms with van der Waals surface area (Å²) in [4.78, 5) is 14.6. The summed E-state index contributed by atoms with van der Waals surface area (Å²) < 4.78 is 7.68. The lowest BCUT2D eigenvalue weighted by molar-refractivity contribution is 0.00724. The molecule has 0 radical (unpaired) electrons. The van der Waals surface area contributed by atoms with Crippen molar-refractivity contribution in [2.45, 2.75) is 46.3 Å². The first kappa shape index (κ1) is 17.7. The van der Waals surface area contributed by atoms with Crippen LogP contribution in [0.5, 0.6) is 0 Å². The monoisotopic (exact) mass is 341 g/mol. The van der Waals surface area contributed by atoms with Crippen LogP contribution in [0, 0.1) is 13.8 Å².